The van der Waals surface area contributed by atoms with E-state index in [0.29, 0.717) is 6.54 Å². The molecule has 0 aliphatic rings. The van der Waals surface area contributed by atoms with Crippen LogP contribution in [0.1, 0.15) is 6.92 Å². The van der Waals surface area contributed by atoms with Crippen molar-refractivity contribution in [2.45, 2.75) is 11.0 Å². The molecule has 9 heavy (non-hydrogen) atoms. The first-order chi connectivity index (χ1) is 4.04. The van der Waals surface area contributed by atoms with Crippen molar-refractivity contribution >= 4 is 28.5 Å². The average Bonchev–Trinajstić information content (AvgIpc) is 1.63. The average molecular weight is 242 g/mol. The number of rotatable bonds is 2. The maximum absolute atomic E-state index is 10.5. The van der Waals surface area contributed by atoms with Gasteiger partial charge in [-0.15, -0.1) is 0 Å². The number of carbonyl (C=O) groups is 1. The number of carbonyl (C=O) groups excluding carboxylic acids is 1. The van der Waals surface area contributed by atoms with Crippen LogP contribution < -0.4 is 5.73 Å². The summed E-state index contributed by atoms with van der Waals surface area (Å²) in [6.07, 6.45) is 0. The highest BCUT2D eigenvalue weighted by molar-refractivity contribution is 14.1. The molecule has 0 aliphatic heterocycles. The summed E-state index contributed by atoms with van der Waals surface area (Å²) in [5.74, 6) is 0.0575. The van der Waals surface area contributed by atoms with Crippen molar-refractivity contribution in [1.29, 1.82) is 0 Å². The smallest absolute Gasteiger partial charge is 0.219 e. The molecule has 0 spiro atoms. The molecule has 0 rings (SSSR count). The van der Waals surface area contributed by atoms with Crippen molar-refractivity contribution in [3.63, 3.8) is 0 Å². The lowest BCUT2D eigenvalue weighted by molar-refractivity contribution is -0.127. The molecule has 0 aromatic heterocycles. The zero-order valence-corrected chi connectivity index (χ0v) is 7.75. The molecular weight excluding hydrogens is 231 g/mol. The van der Waals surface area contributed by atoms with Crippen LogP contribution in [0.2, 0.25) is 0 Å². The van der Waals surface area contributed by atoms with E-state index in [1.54, 1.807) is 11.9 Å². The van der Waals surface area contributed by atoms with Crippen molar-refractivity contribution < 1.29 is 4.79 Å². The van der Waals surface area contributed by atoms with E-state index in [1.807, 2.05) is 0 Å². The minimum absolute atomic E-state index is 0.0384. The molecule has 0 aliphatic carbocycles. The van der Waals surface area contributed by atoms with Crippen LogP contribution >= 0.6 is 22.6 Å². The summed E-state index contributed by atoms with van der Waals surface area (Å²) < 4.78 is 0.0384. The Kier molecular flexibility index (Phi) is 4.12. The predicted molar refractivity (Wildman–Crippen MR) is 45.3 cm³/mol. The molecule has 0 aromatic rings. The molecular formula is C5H11IN2O. The first kappa shape index (κ1) is 9.16. The van der Waals surface area contributed by atoms with E-state index >= 15 is 0 Å². The molecule has 4 heteroatoms. The zero-order chi connectivity index (χ0) is 7.44. The van der Waals surface area contributed by atoms with E-state index < -0.39 is 0 Å². The van der Waals surface area contributed by atoms with Gasteiger partial charge in [0.05, 0.1) is 4.05 Å². The lowest BCUT2D eigenvalue weighted by atomic mass is 10.5. The summed E-state index contributed by atoms with van der Waals surface area (Å²) in [4.78, 5) is 12.1. The molecule has 3 nitrogen and oxygen atoms in total. The van der Waals surface area contributed by atoms with Crippen LogP contribution in [0.5, 0.6) is 0 Å². The Labute approximate surface area is 68.7 Å². The molecule has 1 unspecified atom stereocenters. The van der Waals surface area contributed by atoms with Gasteiger partial charge in [-0.3, -0.25) is 4.79 Å². The van der Waals surface area contributed by atoms with Crippen molar-refractivity contribution in [3.05, 3.63) is 0 Å². The SMILES string of the molecule is CC(=O)N(C)CC(N)I. The molecule has 1 atom stereocenters. The third-order valence-corrected chi connectivity index (χ3v) is 1.38. The second-order valence-electron chi connectivity index (χ2n) is 1.92. The first-order valence-electron chi connectivity index (χ1n) is 2.65. The Morgan fingerprint density at radius 1 is 1.89 bits per heavy atom. The molecule has 54 valence electrons. The number of hydrogen-bond donors (Lipinski definition) is 1. The number of hydrogen-bond acceptors (Lipinski definition) is 2. The van der Waals surface area contributed by atoms with E-state index in [0.717, 1.165) is 0 Å². The third-order valence-electron chi connectivity index (χ3n) is 0.986. The van der Waals surface area contributed by atoms with Crippen molar-refractivity contribution in [3.8, 4) is 0 Å². The molecule has 0 saturated heterocycles. The Morgan fingerprint density at radius 3 is 2.44 bits per heavy atom. The van der Waals surface area contributed by atoms with Gasteiger partial charge in [0.1, 0.15) is 0 Å². The normalized spacial score (nSPS) is 12.9. The van der Waals surface area contributed by atoms with E-state index in [-0.39, 0.29) is 9.96 Å². The second-order valence-corrected chi connectivity index (χ2v) is 3.52. The summed E-state index contributed by atoms with van der Waals surface area (Å²) in [6.45, 7) is 2.15. The molecule has 0 fully saturated rings. The summed E-state index contributed by atoms with van der Waals surface area (Å²) >= 11 is 2.07. The lowest BCUT2D eigenvalue weighted by Crippen LogP contribution is -2.33. The molecule has 0 bridgehead atoms. The zero-order valence-electron chi connectivity index (χ0n) is 5.60. The van der Waals surface area contributed by atoms with Gasteiger partial charge < -0.3 is 10.6 Å². The highest BCUT2D eigenvalue weighted by Crippen LogP contribution is 1.93. The highest BCUT2D eigenvalue weighted by Gasteiger charge is 2.03. The van der Waals surface area contributed by atoms with Crippen LogP contribution in [-0.2, 0) is 4.79 Å². The van der Waals surface area contributed by atoms with E-state index in [2.05, 4.69) is 22.6 Å². The van der Waals surface area contributed by atoms with Crippen molar-refractivity contribution in [2.75, 3.05) is 13.6 Å². The van der Waals surface area contributed by atoms with Gasteiger partial charge >= 0.3 is 0 Å². The summed E-state index contributed by atoms with van der Waals surface area (Å²) in [5.41, 5.74) is 5.42. The van der Waals surface area contributed by atoms with Gasteiger partial charge in [-0.2, -0.15) is 0 Å². The minimum atomic E-state index is 0.0384. The standard InChI is InChI=1S/C5H11IN2O/c1-4(9)8(2)3-5(6)7/h5H,3,7H2,1-2H3. The summed E-state index contributed by atoms with van der Waals surface area (Å²) in [5, 5.41) is 0. The summed E-state index contributed by atoms with van der Waals surface area (Å²) in [6, 6.07) is 0. The van der Waals surface area contributed by atoms with Crippen LogP contribution in [0, 0.1) is 0 Å². The van der Waals surface area contributed by atoms with Gasteiger partial charge in [0.2, 0.25) is 5.91 Å². The highest BCUT2D eigenvalue weighted by atomic mass is 127. The molecule has 0 heterocycles. The topological polar surface area (TPSA) is 46.3 Å². The van der Waals surface area contributed by atoms with Gasteiger partial charge in [0.25, 0.3) is 0 Å². The fourth-order valence-corrected chi connectivity index (χ4v) is 0.981. The van der Waals surface area contributed by atoms with Crippen molar-refractivity contribution in [1.82, 2.24) is 4.90 Å². The van der Waals surface area contributed by atoms with E-state index in [1.165, 1.54) is 6.92 Å². The fourth-order valence-electron chi connectivity index (χ4n) is 0.390. The minimum Gasteiger partial charge on any atom is -0.344 e. The lowest BCUT2D eigenvalue weighted by Gasteiger charge is -2.15. The van der Waals surface area contributed by atoms with Gasteiger partial charge in [-0.05, 0) is 0 Å². The fraction of sp³-hybridized carbons (Fsp3) is 0.800. The monoisotopic (exact) mass is 242 g/mol. The molecule has 1 amide bonds. The number of nitrogens with two attached hydrogens (primary N) is 1. The largest absolute Gasteiger partial charge is 0.344 e. The number of likely N-dealkylation sites (N-methyl/N-ethyl adjacent to an activating group) is 1. The predicted octanol–water partition coefficient (Wildman–Crippen LogP) is 0.184. The maximum Gasteiger partial charge on any atom is 0.219 e. The first-order valence-corrected chi connectivity index (χ1v) is 3.90. The van der Waals surface area contributed by atoms with Crippen LogP contribution in [0.15, 0.2) is 0 Å². The van der Waals surface area contributed by atoms with Crippen LogP contribution in [0.4, 0.5) is 0 Å². The molecule has 0 aromatic carbocycles. The van der Waals surface area contributed by atoms with Gasteiger partial charge in [-0.1, -0.05) is 22.6 Å². The number of nitrogens with zero attached hydrogens (tertiary/aromatic N) is 1. The number of amides is 1. The quantitative estimate of drug-likeness (QED) is 0.426. The molecule has 0 saturated carbocycles. The summed E-state index contributed by atoms with van der Waals surface area (Å²) in [7, 11) is 1.74. The number of halogens is 1. The third kappa shape index (κ3) is 4.65. The van der Waals surface area contributed by atoms with Gasteiger partial charge in [-0.25, -0.2) is 0 Å². The van der Waals surface area contributed by atoms with E-state index in [9.17, 15) is 4.79 Å². The van der Waals surface area contributed by atoms with E-state index in [4.69, 9.17) is 5.73 Å². The van der Waals surface area contributed by atoms with Gasteiger partial charge in [0, 0.05) is 20.5 Å². The second kappa shape index (κ2) is 4.05. The Hall–Kier alpha value is 0.160. The van der Waals surface area contributed by atoms with Crippen LogP contribution in [-0.4, -0.2) is 28.4 Å². The van der Waals surface area contributed by atoms with Crippen LogP contribution in [0.3, 0.4) is 0 Å². The Balaban J connectivity index is 3.50. The molecule has 2 N–H and O–H groups in total. The Bertz CT molecular complexity index is 105. The maximum atomic E-state index is 10.5. The van der Waals surface area contributed by atoms with Gasteiger partial charge in [0.15, 0.2) is 0 Å². The number of alkyl halides is 1. The Morgan fingerprint density at radius 2 is 2.33 bits per heavy atom. The van der Waals surface area contributed by atoms with Crippen LogP contribution in [0.25, 0.3) is 0 Å². The molecule has 0 radical (unpaired) electrons. The van der Waals surface area contributed by atoms with Crippen molar-refractivity contribution in [2.24, 2.45) is 5.73 Å².